The number of amides is 1. The predicted octanol–water partition coefficient (Wildman–Crippen LogP) is 3.47. The molecule has 22 heavy (non-hydrogen) atoms. The fourth-order valence-corrected chi connectivity index (χ4v) is 2.69. The zero-order valence-corrected chi connectivity index (χ0v) is 12.6. The van der Waals surface area contributed by atoms with Crippen LogP contribution in [0.5, 0.6) is 5.75 Å². The van der Waals surface area contributed by atoms with Gasteiger partial charge in [0.05, 0.1) is 12.8 Å². The number of ether oxygens (including phenoxy) is 1. The smallest absolute Gasteiger partial charge is 0.257 e. The maximum Gasteiger partial charge on any atom is 0.257 e. The Bertz CT molecular complexity index is 787. The summed E-state index contributed by atoms with van der Waals surface area (Å²) in [6.45, 7) is 0. The van der Waals surface area contributed by atoms with E-state index in [1.807, 2.05) is 29.6 Å². The lowest BCUT2D eigenvalue weighted by atomic mass is 10.1. The summed E-state index contributed by atoms with van der Waals surface area (Å²) < 4.78 is 5.33. The molecule has 0 atom stereocenters. The number of carbonyl (C=O) groups excluding carboxylic acids is 1. The van der Waals surface area contributed by atoms with Crippen LogP contribution in [0.2, 0.25) is 0 Å². The van der Waals surface area contributed by atoms with Gasteiger partial charge in [0.2, 0.25) is 0 Å². The van der Waals surface area contributed by atoms with Crippen LogP contribution >= 0.6 is 11.3 Å². The molecule has 2 heterocycles. The average Bonchev–Trinajstić information content (AvgIpc) is 3.04. The van der Waals surface area contributed by atoms with Crippen molar-refractivity contribution in [3.8, 4) is 17.0 Å². The van der Waals surface area contributed by atoms with Gasteiger partial charge >= 0.3 is 0 Å². The number of benzene rings is 1. The number of nitrogens with zero attached hydrogens (tertiary/aromatic N) is 2. The van der Waals surface area contributed by atoms with Crippen molar-refractivity contribution in [2.75, 3.05) is 12.4 Å². The maximum atomic E-state index is 12.1. The van der Waals surface area contributed by atoms with Gasteiger partial charge in [-0.3, -0.25) is 15.1 Å². The van der Waals surface area contributed by atoms with Crippen LogP contribution in [0.15, 0.2) is 54.2 Å². The minimum atomic E-state index is -0.205. The molecule has 0 saturated carbocycles. The third kappa shape index (κ3) is 2.96. The first-order valence-electron chi connectivity index (χ1n) is 6.58. The topological polar surface area (TPSA) is 64.1 Å². The molecular formula is C16H13N3O2S. The summed E-state index contributed by atoms with van der Waals surface area (Å²) in [7, 11) is 1.62. The molecule has 5 nitrogen and oxygen atoms in total. The predicted molar refractivity (Wildman–Crippen MR) is 86.3 cm³/mol. The highest BCUT2D eigenvalue weighted by Gasteiger charge is 2.12. The average molecular weight is 311 g/mol. The van der Waals surface area contributed by atoms with Gasteiger partial charge in [0.15, 0.2) is 5.13 Å². The minimum absolute atomic E-state index is 0.205. The van der Waals surface area contributed by atoms with Crippen molar-refractivity contribution >= 4 is 22.4 Å². The first-order valence-corrected chi connectivity index (χ1v) is 7.46. The zero-order valence-electron chi connectivity index (χ0n) is 11.8. The molecule has 0 bridgehead atoms. The molecule has 2 aromatic heterocycles. The number of methoxy groups -OCH3 is 1. The van der Waals surface area contributed by atoms with Crippen LogP contribution in [0.4, 0.5) is 5.13 Å². The van der Waals surface area contributed by atoms with E-state index in [1.165, 1.54) is 11.3 Å². The van der Waals surface area contributed by atoms with E-state index in [1.54, 1.807) is 31.6 Å². The lowest BCUT2D eigenvalue weighted by Crippen LogP contribution is -2.11. The molecule has 6 heteroatoms. The van der Waals surface area contributed by atoms with Gasteiger partial charge in [-0.1, -0.05) is 12.1 Å². The number of anilines is 1. The molecule has 0 aliphatic carbocycles. The van der Waals surface area contributed by atoms with E-state index in [2.05, 4.69) is 15.3 Å². The summed E-state index contributed by atoms with van der Waals surface area (Å²) in [5.74, 6) is 0.545. The molecule has 0 spiro atoms. The molecule has 0 saturated heterocycles. The van der Waals surface area contributed by atoms with Crippen LogP contribution in [0.3, 0.4) is 0 Å². The highest BCUT2D eigenvalue weighted by molar-refractivity contribution is 7.14. The second kappa shape index (κ2) is 6.36. The van der Waals surface area contributed by atoms with Crippen molar-refractivity contribution in [1.29, 1.82) is 0 Å². The van der Waals surface area contributed by atoms with Gasteiger partial charge in [-0.05, 0) is 24.3 Å². The minimum Gasteiger partial charge on any atom is -0.496 e. The van der Waals surface area contributed by atoms with E-state index in [-0.39, 0.29) is 5.91 Å². The summed E-state index contributed by atoms with van der Waals surface area (Å²) in [4.78, 5) is 20.4. The summed E-state index contributed by atoms with van der Waals surface area (Å²) in [5.41, 5.74) is 2.21. The van der Waals surface area contributed by atoms with Gasteiger partial charge in [-0.15, -0.1) is 11.3 Å². The number of thiazole rings is 1. The number of nitrogens with one attached hydrogen (secondary N) is 1. The molecular weight excluding hydrogens is 298 g/mol. The molecule has 3 aromatic rings. The maximum absolute atomic E-state index is 12.1. The third-order valence-electron chi connectivity index (χ3n) is 3.05. The standard InChI is InChI=1S/C16H13N3O2S/c1-21-14-5-3-2-4-12(14)13-10-22-16(18-13)19-15(20)11-6-8-17-9-7-11/h2-10H,1H3,(H,18,19,20). The van der Waals surface area contributed by atoms with Crippen molar-refractivity contribution in [1.82, 2.24) is 9.97 Å². The van der Waals surface area contributed by atoms with Crippen LogP contribution < -0.4 is 10.1 Å². The number of para-hydroxylation sites is 1. The molecule has 0 aliphatic heterocycles. The summed E-state index contributed by atoms with van der Waals surface area (Å²) in [6.07, 6.45) is 3.16. The Labute approximate surface area is 131 Å². The first kappa shape index (κ1) is 14.2. The highest BCUT2D eigenvalue weighted by atomic mass is 32.1. The summed E-state index contributed by atoms with van der Waals surface area (Å²) in [6, 6.07) is 11.0. The molecule has 0 aliphatic rings. The van der Waals surface area contributed by atoms with Crippen LogP contribution in [-0.4, -0.2) is 23.0 Å². The van der Waals surface area contributed by atoms with Crippen molar-refractivity contribution in [3.63, 3.8) is 0 Å². The van der Waals surface area contributed by atoms with Crippen LogP contribution in [0, 0.1) is 0 Å². The van der Waals surface area contributed by atoms with Crippen LogP contribution in [0.25, 0.3) is 11.3 Å². The number of carbonyl (C=O) groups is 1. The van der Waals surface area contributed by atoms with E-state index < -0.39 is 0 Å². The zero-order chi connectivity index (χ0) is 15.4. The molecule has 1 aromatic carbocycles. The Balaban J connectivity index is 1.81. The normalized spacial score (nSPS) is 10.2. The van der Waals surface area contributed by atoms with Gasteiger partial charge in [0.25, 0.3) is 5.91 Å². The molecule has 0 fully saturated rings. The quantitative estimate of drug-likeness (QED) is 0.801. The van der Waals surface area contributed by atoms with E-state index in [4.69, 9.17) is 4.74 Å². The van der Waals surface area contributed by atoms with Gasteiger partial charge < -0.3 is 4.74 Å². The molecule has 0 unspecified atom stereocenters. The highest BCUT2D eigenvalue weighted by Crippen LogP contribution is 2.31. The van der Waals surface area contributed by atoms with Gasteiger partial charge in [-0.25, -0.2) is 4.98 Å². The fraction of sp³-hybridized carbons (Fsp3) is 0.0625. The van der Waals surface area contributed by atoms with Gasteiger partial charge in [0.1, 0.15) is 5.75 Å². The number of hydrogen-bond donors (Lipinski definition) is 1. The summed E-state index contributed by atoms with van der Waals surface area (Å²) in [5, 5.41) is 5.22. The second-order valence-corrected chi connectivity index (χ2v) is 5.29. The molecule has 1 N–H and O–H groups in total. The molecule has 1 amide bonds. The number of hydrogen-bond acceptors (Lipinski definition) is 5. The summed E-state index contributed by atoms with van der Waals surface area (Å²) >= 11 is 1.37. The molecule has 0 radical (unpaired) electrons. The Hall–Kier alpha value is -2.73. The monoisotopic (exact) mass is 311 g/mol. The van der Waals surface area contributed by atoms with Crippen molar-refractivity contribution < 1.29 is 9.53 Å². The van der Waals surface area contributed by atoms with E-state index >= 15 is 0 Å². The van der Waals surface area contributed by atoms with Crippen LogP contribution in [0.1, 0.15) is 10.4 Å². The number of aromatic nitrogens is 2. The number of pyridine rings is 1. The lowest BCUT2D eigenvalue weighted by Gasteiger charge is -2.05. The van der Waals surface area contributed by atoms with Crippen molar-refractivity contribution in [2.45, 2.75) is 0 Å². The van der Waals surface area contributed by atoms with Gasteiger partial charge in [0, 0.05) is 28.9 Å². The van der Waals surface area contributed by atoms with Gasteiger partial charge in [-0.2, -0.15) is 0 Å². The molecule has 110 valence electrons. The van der Waals surface area contributed by atoms with Crippen LogP contribution in [-0.2, 0) is 0 Å². The Kier molecular flexibility index (Phi) is 4.11. The van der Waals surface area contributed by atoms with E-state index in [0.29, 0.717) is 10.7 Å². The number of rotatable bonds is 4. The third-order valence-corrected chi connectivity index (χ3v) is 3.81. The lowest BCUT2D eigenvalue weighted by molar-refractivity contribution is 0.102. The van der Waals surface area contributed by atoms with Crippen molar-refractivity contribution in [3.05, 3.63) is 59.7 Å². The fourth-order valence-electron chi connectivity index (χ4n) is 1.98. The van der Waals surface area contributed by atoms with E-state index in [9.17, 15) is 4.79 Å². The first-order chi connectivity index (χ1) is 10.8. The molecule has 3 rings (SSSR count). The Morgan fingerprint density at radius 1 is 1.18 bits per heavy atom. The Morgan fingerprint density at radius 2 is 1.95 bits per heavy atom. The van der Waals surface area contributed by atoms with Crippen molar-refractivity contribution in [2.24, 2.45) is 0 Å². The Morgan fingerprint density at radius 3 is 2.73 bits per heavy atom. The SMILES string of the molecule is COc1ccccc1-c1csc(NC(=O)c2ccncc2)n1. The second-order valence-electron chi connectivity index (χ2n) is 4.43. The van der Waals surface area contributed by atoms with E-state index in [0.717, 1.165) is 17.0 Å². The largest absolute Gasteiger partial charge is 0.496 e.